The first-order chi connectivity index (χ1) is 7.65. The van der Waals surface area contributed by atoms with Gasteiger partial charge in [0, 0.05) is 6.04 Å². The van der Waals surface area contributed by atoms with Crippen molar-refractivity contribution in [2.45, 2.75) is 46.1 Å². The normalized spacial score (nSPS) is 13.6. The van der Waals surface area contributed by atoms with E-state index in [1.54, 1.807) is 0 Å². The zero-order valence-corrected chi connectivity index (χ0v) is 10.6. The number of nitrogens with zero attached hydrogens (tertiary/aromatic N) is 2. The fourth-order valence-electron chi connectivity index (χ4n) is 2.09. The molecule has 1 heterocycles. The van der Waals surface area contributed by atoms with Crippen molar-refractivity contribution in [3.05, 3.63) is 30.1 Å². The molecule has 0 amide bonds. The Morgan fingerprint density at radius 2 is 2.00 bits per heavy atom. The van der Waals surface area contributed by atoms with Crippen LogP contribution < -0.4 is 0 Å². The second kappa shape index (κ2) is 4.28. The van der Waals surface area contributed by atoms with Gasteiger partial charge in [-0.2, -0.15) is 0 Å². The Labute approximate surface area is 97.3 Å². The van der Waals surface area contributed by atoms with Crippen LogP contribution >= 0.6 is 0 Å². The van der Waals surface area contributed by atoms with Crippen molar-refractivity contribution >= 4 is 11.0 Å². The first kappa shape index (κ1) is 11.2. The van der Waals surface area contributed by atoms with E-state index in [1.807, 2.05) is 6.33 Å². The van der Waals surface area contributed by atoms with Gasteiger partial charge in [0.15, 0.2) is 0 Å². The number of benzene rings is 1. The van der Waals surface area contributed by atoms with Gasteiger partial charge in [0.05, 0.1) is 17.4 Å². The van der Waals surface area contributed by atoms with Crippen LogP contribution in [0.15, 0.2) is 24.5 Å². The average molecular weight is 216 g/mol. The number of hydrogen-bond acceptors (Lipinski definition) is 1. The van der Waals surface area contributed by atoms with Crippen molar-refractivity contribution in [1.29, 1.82) is 0 Å². The molecular weight excluding hydrogens is 196 g/mol. The highest BCUT2D eigenvalue weighted by atomic mass is 15.1. The molecule has 0 saturated heterocycles. The largest absolute Gasteiger partial charge is 0.328 e. The van der Waals surface area contributed by atoms with Gasteiger partial charge < -0.3 is 4.57 Å². The van der Waals surface area contributed by atoms with Gasteiger partial charge in [-0.3, -0.25) is 0 Å². The van der Waals surface area contributed by atoms with Gasteiger partial charge in [-0.15, -0.1) is 0 Å². The lowest BCUT2D eigenvalue weighted by Gasteiger charge is -2.12. The molecule has 0 aliphatic carbocycles. The van der Waals surface area contributed by atoms with E-state index >= 15 is 0 Å². The van der Waals surface area contributed by atoms with Crippen LogP contribution in [0.1, 0.15) is 51.6 Å². The highest BCUT2D eigenvalue weighted by molar-refractivity contribution is 5.79. The number of imidazole rings is 1. The summed E-state index contributed by atoms with van der Waals surface area (Å²) in [5.41, 5.74) is 3.78. The summed E-state index contributed by atoms with van der Waals surface area (Å²) < 4.78 is 2.28. The zero-order chi connectivity index (χ0) is 11.7. The van der Waals surface area contributed by atoms with Crippen molar-refractivity contribution in [3.63, 3.8) is 0 Å². The Morgan fingerprint density at radius 3 is 2.62 bits per heavy atom. The molecule has 1 unspecified atom stereocenters. The van der Waals surface area contributed by atoms with Gasteiger partial charge in [-0.1, -0.05) is 32.9 Å². The van der Waals surface area contributed by atoms with Crippen LogP contribution in [0.3, 0.4) is 0 Å². The maximum Gasteiger partial charge on any atom is 0.0960 e. The maximum absolute atomic E-state index is 4.57. The number of para-hydroxylation sites is 1. The minimum absolute atomic E-state index is 0.521. The molecule has 0 N–H and O–H groups in total. The second-order valence-corrected chi connectivity index (χ2v) is 4.78. The average Bonchev–Trinajstić information content (AvgIpc) is 2.71. The van der Waals surface area contributed by atoms with Gasteiger partial charge in [-0.25, -0.2) is 4.98 Å². The molecule has 1 aromatic heterocycles. The second-order valence-electron chi connectivity index (χ2n) is 4.78. The molecule has 16 heavy (non-hydrogen) atoms. The Balaban J connectivity index is 2.61. The van der Waals surface area contributed by atoms with Gasteiger partial charge in [0.1, 0.15) is 0 Å². The molecule has 0 radical (unpaired) electrons. The summed E-state index contributed by atoms with van der Waals surface area (Å²) in [6.45, 7) is 8.89. The first-order valence-corrected chi connectivity index (χ1v) is 6.10. The molecule has 1 atom stereocenters. The number of fused-ring (bicyclic) bond motifs is 1. The van der Waals surface area contributed by atoms with Crippen molar-refractivity contribution in [1.82, 2.24) is 9.55 Å². The topological polar surface area (TPSA) is 17.8 Å². The predicted molar refractivity (Wildman–Crippen MR) is 68.8 cm³/mol. The molecular formula is C14H20N2. The summed E-state index contributed by atoms with van der Waals surface area (Å²) in [6, 6.07) is 7.01. The maximum atomic E-state index is 4.57. The van der Waals surface area contributed by atoms with Crippen LogP contribution in [0.2, 0.25) is 0 Å². The predicted octanol–water partition coefficient (Wildman–Crippen LogP) is 4.13. The SMILES string of the molecule is CCC(C)n1cnc2c(C(C)C)cccc21. The van der Waals surface area contributed by atoms with E-state index in [0.717, 1.165) is 11.9 Å². The van der Waals surface area contributed by atoms with Gasteiger partial charge in [0.2, 0.25) is 0 Å². The van der Waals surface area contributed by atoms with Gasteiger partial charge in [0.25, 0.3) is 0 Å². The van der Waals surface area contributed by atoms with Crippen molar-refractivity contribution < 1.29 is 0 Å². The summed E-state index contributed by atoms with van der Waals surface area (Å²) in [5.74, 6) is 0.531. The van der Waals surface area contributed by atoms with Crippen molar-refractivity contribution in [2.24, 2.45) is 0 Å². The first-order valence-electron chi connectivity index (χ1n) is 6.10. The van der Waals surface area contributed by atoms with Crippen LogP contribution in [0.4, 0.5) is 0 Å². The van der Waals surface area contributed by atoms with Gasteiger partial charge >= 0.3 is 0 Å². The Bertz CT molecular complexity index is 482. The molecule has 86 valence electrons. The third-order valence-electron chi connectivity index (χ3n) is 3.32. The van der Waals surface area contributed by atoms with E-state index in [9.17, 15) is 0 Å². The molecule has 0 saturated carbocycles. The molecule has 0 aliphatic heterocycles. The number of hydrogen-bond donors (Lipinski definition) is 0. The quantitative estimate of drug-likeness (QED) is 0.754. The lowest BCUT2D eigenvalue weighted by atomic mass is 10.0. The van der Waals surface area contributed by atoms with Crippen LogP contribution in [0.25, 0.3) is 11.0 Å². The summed E-state index contributed by atoms with van der Waals surface area (Å²) in [4.78, 5) is 4.57. The highest BCUT2D eigenvalue weighted by Gasteiger charge is 2.11. The van der Waals surface area contributed by atoms with Crippen molar-refractivity contribution in [3.8, 4) is 0 Å². The van der Waals surface area contributed by atoms with Gasteiger partial charge in [-0.05, 0) is 30.9 Å². The summed E-state index contributed by atoms with van der Waals surface area (Å²) in [7, 11) is 0. The van der Waals surface area contributed by atoms with Crippen LogP contribution in [0, 0.1) is 0 Å². The summed E-state index contributed by atoms with van der Waals surface area (Å²) in [6.07, 6.45) is 3.11. The number of aromatic nitrogens is 2. The zero-order valence-electron chi connectivity index (χ0n) is 10.6. The monoisotopic (exact) mass is 216 g/mol. The minimum atomic E-state index is 0.521. The van der Waals surface area contributed by atoms with E-state index < -0.39 is 0 Å². The summed E-state index contributed by atoms with van der Waals surface area (Å²) in [5, 5.41) is 0. The molecule has 0 spiro atoms. The van der Waals surface area contributed by atoms with E-state index in [4.69, 9.17) is 0 Å². The Kier molecular flexibility index (Phi) is 2.99. The minimum Gasteiger partial charge on any atom is -0.328 e. The molecule has 0 fully saturated rings. The smallest absolute Gasteiger partial charge is 0.0960 e. The molecule has 2 nitrogen and oxygen atoms in total. The molecule has 0 bridgehead atoms. The molecule has 2 aromatic rings. The molecule has 2 heteroatoms. The standard InChI is InChI=1S/C14H20N2/c1-5-11(4)16-9-15-14-12(10(2)3)7-6-8-13(14)16/h6-11H,5H2,1-4H3. The third kappa shape index (κ3) is 1.73. The van der Waals surface area contributed by atoms with E-state index in [1.165, 1.54) is 11.1 Å². The van der Waals surface area contributed by atoms with Crippen molar-refractivity contribution in [2.75, 3.05) is 0 Å². The molecule has 1 aromatic carbocycles. The molecule has 0 aliphatic rings. The van der Waals surface area contributed by atoms with Crippen LogP contribution in [0.5, 0.6) is 0 Å². The van der Waals surface area contributed by atoms with Crippen LogP contribution in [-0.4, -0.2) is 9.55 Å². The highest BCUT2D eigenvalue weighted by Crippen LogP contribution is 2.26. The fraction of sp³-hybridized carbons (Fsp3) is 0.500. The van der Waals surface area contributed by atoms with Crippen LogP contribution in [-0.2, 0) is 0 Å². The van der Waals surface area contributed by atoms with E-state index in [0.29, 0.717) is 12.0 Å². The fourth-order valence-corrected chi connectivity index (χ4v) is 2.09. The Morgan fingerprint density at radius 1 is 1.25 bits per heavy atom. The third-order valence-corrected chi connectivity index (χ3v) is 3.32. The van der Waals surface area contributed by atoms with E-state index in [-0.39, 0.29) is 0 Å². The molecule has 2 rings (SSSR count). The lowest BCUT2D eigenvalue weighted by molar-refractivity contribution is 0.544. The Hall–Kier alpha value is -1.31. The number of rotatable bonds is 3. The van der Waals surface area contributed by atoms with E-state index in [2.05, 4.69) is 55.4 Å². The summed E-state index contributed by atoms with van der Waals surface area (Å²) >= 11 is 0. The lowest BCUT2D eigenvalue weighted by Crippen LogP contribution is -2.01.